The monoisotopic (exact) mass is 399 g/mol. The Hall–Kier alpha value is -3.22. The SMILES string of the molecule is CCNC(=NCc1ccc(OC)c(C(=O)OC)c1)NCCCOc1ccccc1. The smallest absolute Gasteiger partial charge is 0.341 e. The second-order valence-corrected chi connectivity index (χ2v) is 6.16. The molecule has 0 amide bonds. The van der Waals surface area contributed by atoms with Crippen molar-refractivity contribution in [2.24, 2.45) is 4.99 Å². The van der Waals surface area contributed by atoms with Crippen LogP contribution in [0.3, 0.4) is 0 Å². The summed E-state index contributed by atoms with van der Waals surface area (Å²) in [6.07, 6.45) is 0.842. The molecule has 0 saturated heterocycles. The van der Waals surface area contributed by atoms with E-state index in [1.807, 2.05) is 43.3 Å². The standard InChI is InChI=1S/C22H29N3O4/c1-4-23-22(24-13-8-14-29-18-9-6-5-7-10-18)25-16-17-11-12-20(27-2)19(15-17)21(26)28-3/h5-7,9-12,15H,4,8,13-14,16H2,1-3H3,(H2,23,24,25). The molecule has 0 radical (unpaired) electrons. The number of hydrogen-bond acceptors (Lipinski definition) is 5. The molecule has 7 nitrogen and oxygen atoms in total. The molecule has 0 aliphatic rings. The van der Waals surface area contributed by atoms with E-state index < -0.39 is 5.97 Å². The summed E-state index contributed by atoms with van der Waals surface area (Å²) < 4.78 is 15.7. The van der Waals surface area contributed by atoms with E-state index in [1.54, 1.807) is 12.1 Å². The highest BCUT2D eigenvalue weighted by atomic mass is 16.5. The summed E-state index contributed by atoms with van der Waals surface area (Å²) in [7, 11) is 2.87. The number of nitrogens with one attached hydrogen (secondary N) is 2. The van der Waals surface area contributed by atoms with E-state index in [-0.39, 0.29) is 0 Å². The van der Waals surface area contributed by atoms with E-state index in [1.165, 1.54) is 14.2 Å². The number of carbonyl (C=O) groups excluding carboxylic acids is 1. The third-order valence-electron chi connectivity index (χ3n) is 4.06. The maximum absolute atomic E-state index is 11.9. The first-order valence-corrected chi connectivity index (χ1v) is 9.63. The number of hydrogen-bond donors (Lipinski definition) is 2. The Kier molecular flexibility index (Phi) is 9.35. The van der Waals surface area contributed by atoms with Crippen LogP contribution < -0.4 is 20.1 Å². The van der Waals surface area contributed by atoms with Crippen LogP contribution in [0.25, 0.3) is 0 Å². The Bertz CT molecular complexity index is 794. The van der Waals surface area contributed by atoms with Gasteiger partial charge in [0.15, 0.2) is 5.96 Å². The van der Waals surface area contributed by atoms with Crippen LogP contribution in [-0.2, 0) is 11.3 Å². The Balaban J connectivity index is 1.88. The molecule has 156 valence electrons. The van der Waals surface area contributed by atoms with Gasteiger partial charge < -0.3 is 24.8 Å². The van der Waals surface area contributed by atoms with Gasteiger partial charge in [-0.15, -0.1) is 0 Å². The van der Waals surface area contributed by atoms with Crippen LogP contribution in [-0.4, -0.2) is 45.8 Å². The molecule has 0 fully saturated rings. The second-order valence-electron chi connectivity index (χ2n) is 6.16. The molecule has 2 N–H and O–H groups in total. The molecule has 0 aliphatic heterocycles. The van der Waals surface area contributed by atoms with Crippen molar-refractivity contribution in [3.05, 3.63) is 59.7 Å². The molecule has 0 unspecified atom stereocenters. The summed E-state index contributed by atoms with van der Waals surface area (Å²) in [5, 5.41) is 6.51. The van der Waals surface area contributed by atoms with Gasteiger partial charge >= 0.3 is 5.97 Å². The number of rotatable bonds is 10. The minimum atomic E-state index is -0.434. The number of nitrogens with zero attached hydrogens (tertiary/aromatic N) is 1. The first-order chi connectivity index (χ1) is 14.2. The fraction of sp³-hybridized carbons (Fsp3) is 0.364. The van der Waals surface area contributed by atoms with Crippen molar-refractivity contribution in [2.75, 3.05) is 33.9 Å². The number of guanidine groups is 1. The van der Waals surface area contributed by atoms with Gasteiger partial charge in [-0.3, -0.25) is 0 Å². The fourth-order valence-corrected chi connectivity index (χ4v) is 2.62. The van der Waals surface area contributed by atoms with E-state index in [2.05, 4.69) is 15.6 Å². The molecule has 29 heavy (non-hydrogen) atoms. The molecule has 0 aliphatic carbocycles. The Morgan fingerprint density at radius 1 is 1.07 bits per heavy atom. The molecule has 2 aromatic carbocycles. The third-order valence-corrected chi connectivity index (χ3v) is 4.06. The first kappa shape index (κ1) is 22.1. The van der Waals surface area contributed by atoms with Gasteiger partial charge in [-0.25, -0.2) is 9.79 Å². The van der Waals surface area contributed by atoms with Crippen molar-refractivity contribution in [3.63, 3.8) is 0 Å². The Morgan fingerprint density at radius 2 is 1.86 bits per heavy atom. The van der Waals surface area contributed by atoms with Crippen molar-refractivity contribution < 1.29 is 19.0 Å². The zero-order valence-electron chi connectivity index (χ0n) is 17.2. The third kappa shape index (κ3) is 7.37. The minimum Gasteiger partial charge on any atom is -0.496 e. The van der Waals surface area contributed by atoms with Crippen LogP contribution in [0.1, 0.15) is 29.3 Å². The molecular formula is C22H29N3O4. The van der Waals surface area contributed by atoms with Crippen LogP contribution in [0.5, 0.6) is 11.5 Å². The number of para-hydroxylation sites is 1. The van der Waals surface area contributed by atoms with Crippen molar-refractivity contribution >= 4 is 11.9 Å². The lowest BCUT2D eigenvalue weighted by Gasteiger charge is -2.12. The number of ether oxygens (including phenoxy) is 3. The number of benzene rings is 2. The number of aliphatic imine (C=N–C) groups is 1. The van der Waals surface area contributed by atoms with Crippen LogP contribution >= 0.6 is 0 Å². The summed E-state index contributed by atoms with van der Waals surface area (Å²) in [4.78, 5) is 16.5. The van der Waals surface area contributed by atoms with E-state index in [0.29, 0.717) is 30.4 Å². The quantitative estimate of drug-likeness (QED) is 0.277. The van der Waals surface area contributed by atoms with E-state index in [4.69, 9.17) is 14.2 Å². The lowest BCUT2D eigenvalue weighted by molar-refractivity contribution is 0.0597. The normalized spacial score (nSPS) is 10.9. The Labute approximate surface area is 172 Å². The largest absolute Gasteiger partial charge is 0.496 e. The molecule has 0 spiro atoms. The molecule has 2 rings (SSSR count). The highest BCUT2D eigenvalue weighted by molar-refractivity contribution is 5.92. The zero-order valence-corrected chi connectivity index (χ0v) is 17.2. The molecule has 0 heterocycles. The molecule has 2 aromatic rings. The summed E-state index contributed by atoms with van der Waals surface area (Å²) in [5.74, 6) is 1.63. The number of methoxy groups -OCH3 is 2. The first-order valence-electron chi connectivity index (χ1n) is 9.63. The van der Waals surface area contributed by atoms with Crippen LogP contribution in [0.2, 0.25) is 0 Å². The van der Waals surface area contributed by atoms with Gasteiger partial charge in [0.25, 0.3) is 0 Å². The maximum atomic E-state index is 11.9. The van der Waals surface area contributed by atoms with Crippen LogP contribution in [0.4, 0.5) is 0 Å². The van der Waals surface area contributed by atoms with Gasteiger partial charge in [0, 0.05) is 13.1 Å². The van der Waals surface area contributed by atoms with E-state index in [9.17, 15) is 4.79 Å². The number of carbonyl (C=O) groups is 1. The highest BCUT2D eigenvalue weighted by Crippen LogP contribution is 2.21. The summed E-state index contributed by atoms with van der Waals surface area (Å²) in [6, 6.07) is 15.1. The molecule has 0 aromatic heterocycles. The summed E-state index contributed by atoms with van der Waals surface area (Å²) in [5.41, 5.74) is 1.27. The minimum absolute atomic E-state index is 0.388. The van der Waals surface area contributed by atoms with E-state index >= 15 is 0 Å². The number of esters is 1. The van der Waals surface area contributed by atoms with Crippen LogP contribution in [0.15, 0.2) is 53.5 Å². The fourth-order valence-electron chi connectivity index (χ4n) is 2.62. The van der Waals surface area contributed by atoms with Gasteiger partial charge in [0.2, 0.25) is 0 Å². The Morgan fingerprint density at radius 3 is 2.55 bits per heavy atom. The van der Waals surface area contributed by atoms with Crippen molar-refractivity contribution in [2.45, 2.75) is 19.9 Å². The summed E-state index contributed by atoms with van der Waals surface area (Å²) >= 11 is 0. The zero-order chi connectivity index (χ0) is 20.9. The van der Waals surface area contributed by atoms with E-state index in [0.717, 1.165) is 30.8 Å². The molecule has 0 bridgehead atoms. The highest BCUT2D eigenvalue weighted by Gasteiger charge is 2.13. The van der Waals surface area contributed by atoms with Gasteiger partial charge in [-0.1, -0.05) is 24.3 Å². The van der Waals surface area contributed by atoms with Crippen LogP contribution in [0, 0.1) is 0 Å². The molecule has 7 heteroatoms. The lowest BCUT2D eigenvalue weighted by atomic mass is 10.1. The average Bonchev–Trinajstić information content (AvgIpc) is 2.77. The second kappa shape index (κ2) is 12.3. The van der Waals surface area contributed by atoms with Gasteiger partial charge in [0.05, 0.1) is 27.4 Å². The van der Waals surface area contributed by atoms with Crippen molar-refractivity contribution in [1.82, 2.24) is 10.6 Å². The predicted molar refractivity (Wildman–Crippen MR) is 114 cm³/mol. The van der Waals surface area contributed by atoms with Crippen molar-refractivity contribution in [3.8, 4) is 11.5 Å². The predicted octanol–water partition coefficient (Wildman–Crippen LogP) is 3.01. The molecular weight excluding hydrogens is 370 g/mol. The van der Waals surface area contributed by atoms with Crippen molar-refractivity contribution in [1.29, 1.82) is 0 Å². The summed E-state index contributed by atoms with van der Waals surface area (Å²) in [6.45, 7) is 4.54. The average molecular weight is 399 g/mol. The van der Waals surface area contributed by atoms with Gasteiger partial charge in [-0.05, 0) is 43.2 Å². The van der Waals surface area contributed by atoms with Gasteiger partial charge in [-0.2, -0.15) is 0 Å². The topological polar surface area (TPSA) is 81.2 Å². The maximum Gasteiger partial charge on any atom is 0.341 e. The lowest BCUT2D eigenvalue weighted by Crippen LogP contribution is -2.38. The molecule has 0 saturated carbocycles. The van der Waals surface area contributed by atoms with Gasteiger partial charge in [0.1, 0.15) is 17.1 Å². The molecule has 0 atom stereocenters.